The van der Waals surface area contributed by atoms with Gasteiger partial charge in [0.05, 0.1) is 5.69 Å². The quantitative estimate of drug-likeness (QED) is 0.265. The predicted octanol–water partition coefficient (Wildman–Crippen LogP) is 7.63. The van der Waals surface area contributed by atoms with E-state index in [2.05, 4.69) is 54.9 Å². The largest absolute Gasteiger partial charge is 0.508 e. The summed E-state index contributed by atoms with van der Waals surface area (Å²) in [5.41, 5.74) is 7.10. The Hall–Kier alpha value is -4.09. The molecule has 0 spiro atoms. The lowest BCUT2D eigenvalue weighted by Crippen LogP contribution is -2.35. The van der Waals surface area contributed by atoms with Crippen LogP contribution in [0.4, 0.5) is 0 Å². The number of benzene rings is 3. The van der Waals surface area contributed by atoms with Crippen LogP contribution in [0.2, 0.25) is 0 Å². The number of hydrogen-bond acceptors (Lipinski definition) is 5. The van der Waals surface area contributed by atoms with Crippen molar-refractivity contribution in [3.8, 4) is 28.5 Å². The Kier molecular flexibility index (Phi) is 7.31. The molecular formula is C35H36N2O3. The Labute approximate surface area is 236 Å². The molecular weight excluding hydrogens is 496 g/mol. The first-order valence-electron chi connectivity index (χ1n) is 14.2. The van der Waals surface area contributed by atoms with Gasteiger partial charge in [0.25, 0.3) is 0 Å². The zero-order valence-electron chi connectivity index (χ0n) is 23.4. The van der Waals surface area contributed by atoms with Crippen LogP contribution in [0.5, 0.6) is 17.2 Å². The zero-order chi connectivity index (χ0) is 27.6. The first kappa shape index (κ1) is 26.1. The minimum Gasteiger partial charge on any atom is -0.508 e. The van der Waals surface area contributed by atoms with Gasteiger partial charge in [-0.15, -0.1) is 0 Å². The van der Waals surface area contributed by atoms with Gasteiger partial charge in [0.2, 0.25) is 0 Å². The van der Waals surface area contributed by atoms with E-state index in [0.29, 0.717) is 12.6 Å². The van der Waals surface area contributed by atoms with Gasteiger partial charge in [-0.25, -0.2) is 0 Å². The van der Waals surface area contributed by atoms with E-state index in [1.54, 1.807) is 12.1 Å². The smallest absolute Gasteiger partial charge is 0.150 e. The minimum absolute atomic E-state index is 0.231. The highest BCUT2D eigenvalue weighted by molar-refractivity contribution is 5.96. The van der Waals surface area contributed by atoms with Gasteiger partial charge in [0.15, 0.2) is 0 Å². The Morgan fingerprint density at radius 2 is 1.85 bits per heavy atom. The molecule has 204 valence electrons. The summed E-state index contributed by atoms with van der Waals surface area (Å²) in [7, 11) is 0. The van der Waals surface area contributed by atoms with Crippen LogP contribution < -0.4 is 9.47 Å². The highest BCUT2D eigenvalue weighted by Gasteiger charge is 2.30. The standard InChI is InChI=1S/C35H36N2O3/c1-23-16-18-37(21-23)24(2)22-39-30-13-10-26(11-14-30)35-34(28-7-6-8-29(38)19-28)25(3)31-20-27(12-15-33(31)40-35)32-9-4-5-17-36-32/h4-15,17,19-20,23-24,35,38H,16,18,21-22H2,1-3H3/t23-,24+,35?/m1/s1. The molecule has 0 aliphatic carbocycles. The molecule has 1 unspecified atom stereocenters. The lowest BCUT2D eigenvalue weighted by atomic mass is 9.85. The van der Waals surface area contributed by atoms with Crippen LogP contribution in [-0.4, -0.2) is 40.7 Å². The van der Waals surface area contributed by atoms with Crippen LogP contribution in [0.3, 0.4) is 0 Å². The molecule has 40 heavy (non-hydrogen) atoms. The first-order chi connectivity index (χ1) is 19.5. The molecule has 3 aromatic carbocycles. The third-order valence-electron chi connectivity index (χ3n) is 8.17. The van der Waals surface area contributed by atoms with Gasteiger partial charge in [-0.2, -0.15) is 0 Å². The first-order valence-corrected chi connectivity index (χ1v) is 14.2. The fourth-order valence-corrected chi connectivity index (χ4v) is 5.85. The molecule has 1 saturated heterocycles. The summed E-state index contributed by atoms with van der Waals surface area (Å²) in [6.07, 6.45) is 2.75. The molecule has 1 fully saturated rings. The van der Waals surface area contributed by atoms with Gasteiger partial charge in [0, 0.05) is 35.5 Å². The van der Waals surface area contributed by atoms with E-state index < -0.39 is 0 Å². The third kappa shape index (κ3) is 5.34. The van der Waals surface area contributed by atoms with E-state index in [1.165, 1.54) is 6.42 Å². The number of rotatable bonds is 7. The lowest BCUT2D eigenvalue weighted by Gasteiger charge is -2.31. The summed E-state index contributed by atoms with van der Waals surface area (Å²) in [5, 5.41) is 10.3. The molecule has 0 amide bonds. The number of allylic oxidation sites excluding steroid dienone is 1. The molecule has 0 bridgehead atoms. The van der Waals surface area contributed by atoms with Gasteiger partial charge in [-0.3, -0.25) is 9.88 Å². The van der Waals surface area contributed by atoms with Gasteiger partial charge >= 0.3 is 0 Å². The maximum Gasteiger partial charge on any atom is 0.150 e. The molecule has 6 rings (SSSR count). The van der Waals surface area contributed by atoms with Crippen LogP contribution in [0, 0.1) is 5.92 Å². The van der Waals surface area contributed by atoms with E-state index in [1.807, 2.05) is 54.7 Å². The Bertz CT molecular complexity index is 1510. The van der Waals surface area contributed by atoms with E-state index in [4.69, 9.17) is 9.47 Å². The molecule has 3 heterocycles. The molecule has 1 aromatic heterocycles. The van der Waals surface area contributed by atoms with Crippen molar-refractivity contribution in [2.45, 2.75) is 39.3 Å². The average Bonchev–Trinajstić information content (AvgIpc) is 3.42. The number of aromatic hydroxyl groups is 1. The number of ether oxygens (including phenoxy) is 2. The Balaban J connectivity index is 1.30. The molecule has 5 heteroatoms. The van der Waals surface area contributed by atoms with Gasteiger partial charge in [-0.05, 0) is 104 Å². The van der Waals surface area contributed by atoms with E-state index in [9.17, 15) is 5.11 Å². The average molecular weight is 533 g/mol. The van der Waals surface area contributed by atoms with Crippen LogP contribution in [0.15, 0.2) is 91.1 Å². The van der Waals surface area contributed by atoms with Crippen molar-refractivity contribution in [1.29, 1.82) is 0 Å². The van der Waals surface area contributed by atoms with Crippen molar-refractivity contribution in [3.05, 3.63) is 108 Å². The fraction of sp³-hybridized carbons (Fsp3) is 0.286. The highest BCUT2D eigenvalue weighted by atomic mass is 16.5. The second-order valence-electron chi connectivity index (χ2n) is 11.1. The van der Waals surface area contributed by atoms with E-state index >= 15 is 0 Å². The molecule has 2 aliphatic heterocycles. The van der Waals surface area contributed by atoms with Gasteiger partial charge < -0.3 is 14.6 Å². The van der Waals surface area contributed by atoms with Crippen molar-refractivity contribution in [2.75, 3.05) is 19.7 Å². The maximum absolute atomic E-state index is 10.3. The number of phenols is 1. The van der Waals surface area contributed by atoms with E-state index in [-0.39, 0.29) is 11.9 Å². The number of pyridine rings is 1. The molecule has 0 radical (unpaired) electrons. The van der Waals surface area contributed by atoms with Gasteiger partial charge in [0.1, 0.15) is 30.0 Å². The topological polar surface area (TPSA) is 54.8 Å². The van der Waals surface area contributed by atoms with Crippen LogP contribution in [-0.2, 0) is 0 Å². The van der Waals surface area contributed by atoms with Crippen molar-refractivity contribution in [1.82, 2.24) is 9.88 Å². The number of phenolic OH excluding ortho intramolecular Hbond substituents is 1. The summed E-state index contributed by atoms with van der Waals surface area (Å²) in [4.78, 5) is 7.04. The lowest BCUT2D eigenvalue weighted by molar-refractivity contribution is 0.169. The van der Waals surface area contributed by atoms with Gasteiger partial charge in [-0.1, -0.05) is 37.3 Å². The normalized spacial score (nSPS) is 19.7. The monoisotopic (exact) mass is 532 g/mol. The van der Waals surface area contributed by atoms with Crippen molar-refractivity contribution >= 4 is 11.1 Å². The fourth-order valence-electron chi connectivity index (χ4n) is 5.85. The van der Waals surface area contributed by atoms with Crippen LogP contribution in [0.25, 0.3) is 22.4 Å². The molecule has 1 N–H and O–H groups in total. The molecule has 0 saturated carbocycles. The van der Waals surface area contributed by atoms with Crippen molar-refractivity contribution in [2.24, 2.45) is 5.92 Å². The Morgan fingerprint density at radius 1 is 1.00 bits per heavy atom. The van der Waals surface area contributed by atoms with E-state index in [0.717, 1.165) is 69.6 Å². The summed E-state index contributed by atoms with van der Waals surface area (Å²) in [6.45, 7) is 9.67. The summed E-state index contributed by atoms with van der Waals surface area (Å²) in [6, 6.07) is 28.2. The number of aromatic nitrogens is 1. The summed E-state index contributed by atoms with van der Waals surface area (Å²) >= 11 is 0. The van der Waals surface area contributed by atoms with Crippen molar-refractivity contribution in [3.63, 3.8) is 0 Å². The number of likely N-dealkylation sites (tertiary alicyclic amines) is 1. The SMILES string of the molecule is CC1=C(c2cccc(O)c2)C(c2ccc(OC[C@H](C)N3CC[C@@H](C)C3)cc2)Oc2ccc(-c3ccccn3)cc21. The third-order valence-corrected chi connectivity index (χ3v) is 8.17. The number of nitrogens with zero attached hydrogens (tertiary/aromatic N) is 2. The van der Waals surface area contributed by atoms with Crippen LogP contribution >= 0.6 is 0 Å². The Morgan fingerprint density at radius 3 is 2.58 bits per heavy atom. The maximum atomic E-state index is 10.3. The highest BCUT2D eigenvalue weighted by Crippen LogP contribution is 2.47. The molecule has 2 aliphatic rings. The summed E-state index contributed by atoms with van der Waals surface area (Å²) in [5.74, 6) is 2.69. The second-order valence-corrected chi connectivity index (χ2v) is 11.1. The number of hydrogen-bond donors (Lipinski definition) is 1. The number of fused-ring (bicyclic) bond motifs is 1. The predicted molar refractivity (Wildman–Crippen MR) is 160 cm³/mol. The molecule has 3 atom stereocenters. The molecule has 5 nitrogen and oxygen atoms in total. The van der Waals surface area contributed by atoms with Crippen LogP contribution in [0.1, 0.15) is 50.0 Å². The molecule has 4 aromatic rings. The summed E-state index contributed by atoms with van der Waals surface area (Å²) < 4.78 is 12.9. The second kappa shape index (κ2) is 11.2. The minimum atomic E-state index is -0.325. The zero-order valence-corrected chi connectivity index (χ0v) is 23.4. The van der Waals surface area contributed by atoms with Crippen molar-refractivity contribution < 1.29 is 14.6 Å².